The standard InChI is InChI=1S/C52H68N2O6/c1-5-9-13-17-29-57-49-35-45(39-55)51(59-31-19-15-11-7-3)33-43(49)25-21-41-23-27-47(53-37-41)48-28-24-42(38-54-48)22-26-44-34-52(60-32-20-16-12-8-4)46(40-56)36-50(44)58-30-18-14-10-6-2/h21-28,33-40H,5-20,29-32H2,1-4H3/b25-21+,26-22+. The maximum atomic E-state index is 12.0. The molecule has 4 aromatic rings. The van der Waals surface area contributed by atoms with Crippen LogP contribution in [-0.4, -0.2) is 49.0 Å². The molecule has 0 saturated heterocycles. The number of unbranched alkanes of at least 4 members (excludes halogenated alkanes) is 12. The fourth-order valence-corrected chi connectivity index (χ4v) is 6.65. The van der Waals surface area contributed by atoms with Gasteiger partial charge in [-0.05, 0) is 73.2 Å². The molecule has 2 aromatic heterocycles. The molecule has 2 aromatic carbocycles. The molecular weight excluding hydrogens is 749 g/mol. The van der Waals surface area contributed by atoms with Gasteiger partial charge in [-0.15, -0.1) is 0 Å². The summed E-state index contributed by atoms with van der Waals surface area (Å²) < 4.78 is 24.6. The third-order valence-electron chi connectivity index (χ3n) is 10.3. The second-order valence-electron chi connectivity index (χ2n) is 15.3. The van der Waals surface area contributed by atoms with E-state index >= 15 is 0 Å². The minimum Gasteiger partial charge on any atom is -0.493 e. The van der Waals surface area contributed by atoms with Gasteiger partial charge in [0.1, 0.15) is 23.0 Å². The Balaban J connectivity index is 1.48. The number of benzene rings is 2. The quantitative estimate of drug-likeness (QED) is 0.0366. The summed E-state index contributed by atoms with van der Waals surface area (Å²) in [5.41, 5.74) is 6.06. The second-order valence-corrected chi connectivity index (χ2v) is 15.3. The smallest absolute Gasteiger partial charge is 0.153 e. The fourth-order valence-electron chi connectivity index (χ4n) is 6.65. The Morgan fingerprint density at radius 2 is 0.717 bits per heavy atom. The van der Waals surface area contributed by atoms with E-state index in [2.05, 4.69) is 27.7 Å². The van der Waals surface area contributed by atoms with Crippen molar-refractivity contribution in [2.75, 3.05) is 26.4 Å². The van der Waals surface area contributed by atoms with E-state index in [1.54, 1.807) is 12.1 Å². The second kappa shape index (κ2) is 28.3. The van der Waals surface area contributed by atoms with Crippen LogP contribution in [0.3, 0.4) is 0 Å². The lowest BCUT2D eigenvalue weighted by atomic mass is 10.1. The maximum Gasteiger partial charge on any atom is 0.153 e. The van der Waals surface area contributed by atoms with Crippen LogP contribution in [0, 0.1) is 0 Å². The van der Waals surface area contributed by atoms with E-state index in [4.69, 9.17) is 28.9 Å². The molecule has 0 saturated carbocycles. The Hall–Kier alpha value is -5.24. The monoisotopic (exact) mass is 817 g/mol. The number of pyridine rings is 2. The van der Waals surface area contributed by atoms with Gasteiger partial charge >= 0.3 is 0 Å². The molecule has 0 aliphatic rings. The summed E-state index contributed by atoms with van der Waals surface area (Å²) in [6.45, 7) is 11.1. The molecule has 8 heteroatoms. The van der Waals surface area contributed by atoms with Gasteiger partial charge in [0.25, 0.3) is 0 Å². The molecule has 2 heterocycles. The van der Waals surface area contributed by atoms with E-state index in [0.29, 0.717) is 60.6 Å². The number of carbonyl (C=O) groups excluding carboxylic acids is 2. The molecule has 4 rings (SSSR count). The van der Waals surface area contributed by atoms with Crippen molar-refractivity contribution in [1.82, 2.24) is 9.97 Å². The highest BCUT2D eigenvalue weighted by Crippen LogP contribution is 2.32. The van der Waals surface area contributed by atoms with E-state index in [1.807, 2.05) is 73.1 Å². The number of ether oxygens (including phenoxy) is 4. The van der Waals surface area contributed by atoms with E-state index in [-0.39, 0.29) is 0 Å². The first kappa shape index (κ1) is 47.4. The van der Waals surface area contributed by atoms with Crippen LogP contribution in [0.2, 0.25) is 0 Å². The number of carbonyl (C=O) groups is 2. The average molecular weight is 817 g/mol. The predicted molar refractivity (Wildman–Crippen MR) is 248 cm³/mol. The number of rotatable bonds is 31. The lowest BCUT2D eigenvalue weighted by molar-refractivity contribution is 0.111. The minimum absolute atomic E-state index is 0.499. The highest BCUT2D eigenvalue weighted by atomic mass is 16.5. The predicted octanol–water partition coefficient (Wildman–Crippen LogP) is 13.9. The number of aldehydes is 2. The zero-order valence-electron chi connectivity index (χ0n) is 36.7. The molecule has 322 valence electrons. The molecule has 60 heavy (non-hydrogen) atoms. The molecule has 8 nitrogen and oxygen atoms in total. The van der Waals surface area contributed by atoms with Crippen molar-refractivity contribution in [3.63, 3.8) is 0 Å². The van der Waals surface area contributed by atoms with Crippen LogP contribution in [0.5, 0.6) is 23.0 Å². The zero-order chi connectivity index (χ0) is 42.6. The van der Waals surface area contributed by atoms with E-state index in [0.717, 1.165) is 123 Å². The summed E-state index contributed by atoms with van der Waals surface area (Å²) in [7, 11) is 0. The van der Waals surface area contributed by atoms with Crippen molar-refractivity contribution in [3.8, 4) is 34.4 Å². The van der Waals surface area contributed by atoms with Gasteiger partial charge in [0.05, 0.1) is 48.9 Å². The van der Waals surface area contributed by atoms with Crippen LogP contribution in [0.25, 0.3) is 35.7 Å². The first-order valence-corrected chi connectivity index (χ1v) is 22.6. The van der Waals surface area contributed by atoms with Crippen LogP contribution in [0.15, 0.2) is 60.9 Å². The van der Waals surface area contributed by atoms with Crippen LogP contribution in [-0.2, 0) is 0 Å². The number of hydrogen-bond donors (Lipinski definition) is 0. The Labute approximate surface area is 359 Å². The van der Waals surface area contributed by atoms with Crippen LogP contribution in [0.1, 0.15) is 173 Å². The Kier molecular flexibility index (Phi) is 22.3. The third kappa shape index (κ3) is 16.4. The van der Waals surface area contributed by atoms with Crippen LogP contribution >= 0.6 is 0 Å². The summed E-state index contributed by atoms with van der Waals surface area (Å²) in [6, 6.07) is 15.4. The van der Waals surface area contributed by atoms with E-state index < -0.39 is 0 Å². The molecule has 0 aliphatic heterocycles. The highest BCUT2D eigenvalue weighted by molar-refractivity contribution is 5.85. The van der Waals surface area contributed by atoms with Crippen molar-refractivity contribution in [1.29, 1.82) is 0 Å². The molecule has 0 unspecified atom stereocenters. The molecule has 0 aliphatic carbocycles. The van der Waals surface area contributed by atoms with Gasteiger partial charge < -0.3 is 18.9 Å². The lowest BCUT2D eigenvalue weighted by Gasteiger charge is -2.14. The summed E-state index contributed by atoms with van der Waals surface area (Å²) in [6.07, 6.45) is 30.9. The molecule has 0 spiro atoms. The summed E-state index contributed by atoms with van der Waals surface area (Å²) in [5.74, 6) is 2.49. The fraction of sp³-hybridized carbons (Fsp3) is 0.462. The Morgan fingerprint density at radius 3 is 1.00 bits per heavy atom. The number of aromatic nitrogens is 2. The third-order valence-corrected chi connectivity index (χ3v) is 10.3. The average Bonchev–Trinajstić information content (AvgIpc) is 3.28. The van der Waals surface area contributed by atoms with Crippen LogP contribution < -0.4 is 18.9 Å². The van der Waals surface area contributed by atoms with Gasteiger partial charge in [0.15, 0.2) is 12.6 Å². The number of nitrogens with zero attached hydrogens (tertiary/aromatic N) is 2. The van der Waals surface area contributed by atoms with E-state index in [1.165, 1.54) is 25.7 Å². The van der Waals surface area contributed by atoms with Crippen molar-refractivity contribution in [3.05, 3.63) is 94.3 Å². The Morgan fingerprint density at radius 1 is 0.400 bits per heavy atom. The van der Waals surface area contributed by atoms with Gasteiger partial charge in [-0.3, -0.25) is 19.6 Å². The largest absolute Gasteiger partial charge is 0.493 e. The lowest BCUT2D eigenvalue weighted by Crippen LogP contribution is -2.04. The molecule has 0 atom stereocenters. The summed E-state index contributed by atoms with van der Waals surface area (Å²) in [5, 5.41) is 0. The van der Waals surface area contributed by atoms with Crippen molar-refractivity contribution in [2.45, 2.75) is 130 Å². The van der Waals surface area contributed by atoms with Gasteiger partial charge in [-0.25, -0.2) is 0 Å². The molecule has 0 N–H and O–H groups in total. The van der Waals surface area contributed by atoms with Gasteiger partial charge in [-0.2, -0.15) is 0 Å². The Bertz CT molecular complexity index is 1760. The molecule has 0 amide bonds. The summed E-state index contributed by atoms with van der Waals surface area (Å²) in [4.78, 5) is 33.5. The molecule has 0 fully saturated rings. The SMILES string of the molecule is CCCCCCOc1cc(/C=C/c2ccc(-c3ccc(/C=C/c4cc(OCCCCCC)c(C=O)cc4OCCCCCC)cn3)nc2)c(OCCCCCC)cc1C=O. The van der Waals surface area contributed by atoms with Gasteiger partial charge in [0, 0.05) is 23.5 Å². The molecule has 0 radical (unpaired) electrons. The number of hydrogen-bond acceptors (Lipinski definition) is 8. The van der Waals surface area contributed by atoms with Crippen LogP contribution in [0.4, 0.5) is 0 Å². The van der Waals surface area contributed by atoms with Gasteiger partial charge in [0.2, 0.25) is 0 Å². The normalized spacial score (nSPS) is 11.3. The topological polar surface area (TPSA) is 96.8 Å². The van der Waals surface area contributed by atoms with E-state index in [9.17, 15) is 9.59 Å². The first-order chi connectivity index (χ1) is 29.5. The van der Waals surface area contributed by atoms with Crippen molar-refractivity contribution in [2.24, 2.45) is 0 Å². The van der Waals surface area contributed by atoms with Crippen molar-refractivity contribution >= 4 is 36.9 Å². The zero-order valence-corrected chi connectivity index (χ0v) is 36.7. The summed E-state index contributed by atoms with van der Waals surface area (Å²) >= 11 is 0. The van der Waals surface area contributed by atoms with Crippen molar-refractivity contribution < 1.29 is 28.5 Å². The highest BCUT2D eigenvalue weighted by Gasteiger charge is 2.13. The first-order valence-electron chi connectivity index (χ1n) is 22.6. The maximum absolute atomic E-state index is 12.0. The minimum atomic E-state index is 0.499. The molecule has 0 bridgehead atoms. The van der Waals surface area contributed by atoms with Gasteiger partial charge in [-0.1, -0.05) is 141 Å². The molecular formula is C52H68N2O6.